The molecule has 0 bridgehead atoms. The number of aromatic nitrogens is 2. The Labute approximate surface area is 139 Å². The maximum atomic E-state index is 6.16. The van der Waals surface area contributed by atoms with E-state index in [4.69, 9.17) is 11.6 Å². The van der Waals surface area contributed by atoms with Crippen molar-refractivity contribution in [2.24, 2.45) is 0 Å². The molecule has 0 aliphatic rings. The third kappa shape index (κ3) is 3.68. The smallest absolute Gasteiger partial charge is 0.0759 e. The summed E-state index contributed by atoms with van der Waals surface area (Å²) in [7, 11) is 0. The lowest BCUT2D eigenvalue weighted by Crippen LogP contribution is -2.26. The molecule has 0 aliphatic heterocycles. The molecule has 1 unspecified atom stereocenters. The number of nitrogens with one attached hydrogen (secondary N) is 1. The molecule has 1 aromatic heterocycles. The maximum Gasteiger partial charge on any atom is 0.0759 e. The molecule has 1 atom stereocenters. The van der Waals surface area contributed by atoms with Crippen LogP contribution in [0.2, 0.25) is 5.02 Å². The first kappa shape index (κ1) is 16.5. The molecule has 1 N–H and O–H groups in total. The molecule has 1 aromatic carbocycles. The van der Waals surface area contributed by atoms with Gasteiger partial charge in [-0.1, -0.05) is 30.7 Å². The third-order valence-electron chi connectivity index (χ3n) is 3.52. The molecule has 5 heteroatoms. The zero-order valence-corrected chi connectivity index (χ0v) is 15.0. The van der Waals surface area contributed by atoms with Crippen LogP contribution in [-0.2, 0) is 6.54 Å². The van der Waals surface area contributed by atoms with E-state index in [0.717, 1.165) is 40.3 Å². The molecule has 0 radical (unpaired) electrons. The van der Waals surface area contributed by atoms with Crippen molar-refractivity contribution in [3.63, 3.8) is 0 Å². The van der Waals surface area contributed by atoms with Gasteiger partial charge in [0.15, 0.2) is 0 Å². The average Bonchev–Trinajstić information content (AvgIpc) is 2.84. The van der Waals surface area contributed by atoms with Crippen LogP contribution in [0.5, 0.6) is 0 Å². The quantitative estimate of drug-likeness (QED) is 0.797. The molecule has 2 aromatic rings. The number of hydrogen-bond acceptors (Lipinski definition) is 2. The highest BCUT2D eigenvalue weighted by molar-refractivity contribution is 9.10. The van der Waals surface area contributed by atoms with Crippen LogP contribution in [-0.4, -0.2) is 16.3 Å². The number of hydrogen-bond donors (Lipinski definition) is 1. The van der Waals surface area contributed by atoms with E-state index >= 15 is 0 Å². The monoisotopic (exact) mass is 369 g/mol. The first-order valence-electron chi connectivity index (χ1n) is 7.29. The van der Waals surface area contributed by atoms with Gasteiger partial charge in [0.25, 0.3) is 0 Å². The van der Waals surface area contributed by atoms with E-state index in [1.165, 1.54) is 5.56 Å². The minimum absolute atomic E-state index is 0.109. The van der Waals surface area contributed by atoms with Gasteiger partial charge in [-0.2, -0.15) is 5.10 Å². The zero-order chi connectivity index (χ0) is 15.4. The van der Waals surface area contributed by atoms with Crippen LogP contribution in [0.1, 0.15) is 43.1 Å². The standard InChI is InChI=1S/C16H21BrClN3/c1-4-8-19-15(12-6-7-14(18)11(3)9-12)16-13(17)10-20-21(16)5-2/h6-7,9-10,15,19H,4-5,8H2,1-3H3. The van der Waals surface area contributed by atoms with Crippen molar-refractivity contribution in [3.8, 4) is 0 Å². The molecular weight excluding hydrogens is 350 g/mol. The molecule has 114 valence electrons. The first-order chi connectivity index (χ1) is 10.1. The number of aryl methyl sites for hydroxylation is 2. The van der Waals surface area contributed by atoms with Gasteiger partial charge in [0.1, 0.15) is 0 Å². The molecule has 0 spiro atoms. The highest BCUT2D eigenvalue weighted by Gasteiger charge is 2.21. The highest BCUT2D eigenvalue weighted by Crippen LogP contribution is 2.30. The lowest BCUT2D eigenvalue weighted by molar-refractivity contribution is 0.528. The van der Waals surface area contributed by atoms with Crippen molar-refractivity contribution < 1.29 is 0 Å². The summed E-state index contributed by atoms with van der Waals surface area (Å²) in [6.45, 7) is 8.11. The maximum absolute atomic E-state index is 6.16. The van der Waals surface area contributed by atoms with Crippen molar-refractivity contribution in [2.45, 2.75) is 39.8 Å². The number of nitrogens with zero attached hydrogens (tertiary/aromatic N) is 2. The van der Waals surface area contributed by atoms with E-state index in [0.29, 0.717) is 0 Å². The SMILES string of the molecule is CCCNC(c1ccc(Cl)c(C)c1)c1c(Br)cnn1CC. The molecule has 0 saturated carbocycles. The van der Waals surface area contributed by atoms with Gasteiger partial charge in [-0.05, 0) is 59.9 Å². The fourth-order valence-corrected chi connectivity index (χ4v) is 3.06. The van der Waals surface area contributed by atoms with Crippen molar-refractivity contribution in [2.75, 3.05) is 6.54 Å². The summed E-state index contributed by atoms with van der Waals surface area (Å²) < 4.78 is 3.06. The molecule has 0 aliphatic carbocycles. The Morgan fingerprint density at radius 3 is 2.76 bits per heavy atom. The van der Waals surface area contributed by atoms with E-state index in [9.17, 15) is 0 Å². The molecule has 3 nitrogen and oxygen atoms in total. The molecule has 0 saturated heterocycles. The summed E-state index contributed by atoms with van der Waals surface area (Å²) in [5.41, 5.74) is 3.46. The lowest BCUT2D eigenvalue weighted by Gasteiger charge is -2.21. The molecule has 0 amide bonds. The summed E-state index contributed by atoms with van der Waals surface area (Å²) >= 11 is 9.79. The van der Waals surface area contributed by atoms with Crippen LogP contribution in [0.4, 0.5) is 0 Å². The van der Waals surface area contributed by atoms with Gasteiger partial charge >= 0.3 is 0 Å². The van der Waals surface area contributed by atoms with Gasteiger partial charge in [0.05, 0.1) is 22.4 Å². The number of benzene rings is 1. The van der Waals surface area contributed by atoms with Crippen LogP contribution in [0.25, 0.3) is 0 Å². The molecule has 0 fully saturated rings. The Bertz CT molecular complexity index is 610. The summed E-state index contributed by atoms with van der Waals surface area (Å²) in [6, 6.07) is 6.31. The van der Waals surface area contributed by atoms with Gasteiger partial charge in [-0.15, -0.1) is 0 Å². The van der Waals surface area contributed by atoms with E-state index in [2.05, 4.69) is 52.3 Å². The minimum atomic E-state index is 0.109. The second-order valence-corrected chi connectivity index (χ2v) is 6.35. The Morgan fingerprint density at radius 1 is 1.38 bits per heavy atom. The molecule has 2 rings (SSSR count). The van der Waals surface area contributed by atoms with Crippen molar-refractivity contribution in [1.82, 2.24) is 15.1 Å². The summed E-state index contributed by atoms with van der Waals surface area (Å²) in [4.78, 5) is 0. The largest absolute Gasteiger partial charge is 0.305 e. The normalized spacial score (nSPS) is 12.6. The van der Waals surface area contributed by atoms with Crippen molar-refractivity contribution in [1.29, 1.82) is 0 Å². The van der Waals surface area contributed by atoms with E-state index in [1.807, 2.05) is 23.9 Å². The zero-order valence-electron chi connectivity index (χ0n) is 12.7. The predicted molar refractivity (Wildman–Crippen MR) is 91.9 cm³/mol. The number of halogens is 2. The van der Waals surface area contributed by atoms with Crippen LogP contribution in [0, 0.1) is 6.92 Å². The van der Waals surface area contributed by atoms with Crippen molar-refractivity contribution >= 4 is 27.5 Å². The highest BCUT2D eigenvalue weighted by atomic mass is 79.9. The van der Waals surface area contributed by atoms with E-state index < -0.39 is 0 Å². The van der Waals surface area contributed by atoms with E-state index in [-0.39, 0.29) is 6.04 Å². The third-order valence-corrected chi connectivity index (χ3v) is 4.56. The van der Waals surface area contributed by atoms with Crippen LogP contribution >= 0.6 is 27.5 Å². The Morgan fingerprint density at radius 2 is 2.14 bits per heavy atom. The summed E-state index contributed by atoms with van der Waals surface area (Å²) in [5.74, 6) is 0. The van der Waals surface area contributed by atoms with Gasteiger partial charge < -0.3 is 5.32 Å². The Hall–Kier alpha value is -0.840. The van der Waals surface area contributed by atoms with Gasteiger partial charge in [0.2, 0.25) is 0 Å². The van der Waals surface area contributed by atoms with Crippen LogP contribution in [0.3, 0.4) is 0 Å². The van der Waals surface area contributed by atoms with Crippen molar-refractivity contribution in [3.05, 3.63) is 50.7 Å². The summed E-state index contributed by atoms with van der Waals surface area (Å²) in [6.07, 6.45) is 2.95. The van der Waals surface area contributed by atoms with Gasteiger partial charge in [-0.3, -0.25) is 4.68 Å². The summed E-state index contributed by atoms with van der Waals surface area (Å²) in [5, 5.41) is 8.85. The lowest BCUT2D eigenvalue weighted by atomic mass is 10.0. The fourth-order valence-electron chi connectivity index (χ4n) is 2.42. The molecule has 21 heavy (non-hydrogen) atoms. The molecule has 1 heterocycles. The average molecular weight is 371 g/mol. The Kier molecular flexibility index (Phi) is 5.85. The van der Waals surface area contributed by atoms with Crippen LogP contribution < -0.4 is 5.32 Å². The topological polar surface area (TPSA) is 29.9 Å². The van der Waals surface area contributed by atoms with E-state index in [1.54, 1.807) is 0 Å². The first-order valence-corrected chi connectivity index (χ1v) is 8.46. The second kappa shape index (κ2) is 7.43. The minimum Gasteiger partial charge on any atom is -0.305 e. The van der Waals surface area contributed by atoms with Crippen LogP contribution in [0.15, 0.2) is 28.9 Å². The Balaban J connectivity index is 2.46. The predicted octanol–water partition coefficient (Wildman–Crippen LogP) is 4.72. The second-order valence-electron chi connectivity index (χ2n) is 5.09. The van der Waals surface area contributed by atoms with Gasteiger partial charge in [0, 0.05) is 11.6 Å². The molecular formula is C16H21BrClN3. The van der Waals surface area contributed by atoms with Gasteiger partial charge in [-0.25, -0.2) is 0 Å². The number of rotatable bonds is 6. The fraction of sp³-hybridized carbons (Fsp3) is 0.438.